The third-order valence-corrected chi connectivity index (χ3v) is 4.78. The zero-order chi connectivity index (χ0) is 18.0. The summed E-state index contributed by atoms with van der Waals surface area (Å²) >= 11 is 3.20. The van der Waals surface area contributed by atoms with Crippen molar-refractivity contribution in [3.8, 4) is 5.75 Å². The summed E-state index contributed by atoms with van der Waals surface area (Å²) in [6, 6.07) is 12.3. The summed E-state index contributed by atoms with van der Waals surface area (Å²) in [7, 11) is 1.67. The number of carbonyl (C=O) groups excluding carboxylic acids is 1. The van der Waals surface area contributed by atoms with Crippen molar-refractivity contribution in [2.45, 2.75) is 13.0 Å². The molecule has 3 rings (SSSR count). The van der Waals surface area contributed by atoms with E-state index in [1.807, 2.05) is 24.3 Å². The van der Waals surface area contributed by atoms with E-state index in [-0.39, 0.29) is 17.6 Å². The lowest BCUT2D eigenvalue weighted by Gasteiger charge is -2.37. The quantitative estimate of drug-likeness (QED) is 0.770. The number of carbonyl (C=O) groups is 1. The molecule has 0 fully saturated rings. The molecule has 0 aliphatic carbocycles. The minimum Gasteiger partial charge on any atom is -0.485 e. The predicted molar refractivity (Wildman–Crippen MR) is 99.8 cm³/mol. The fourth-order valence-corrected chi connectivity index (χ4v) is 3.36. The zero-order valence-corrected chi connectivity index (χ0v) is 15.8. The highest BCUT2D eigenvalue weighted by Gasteiger charge is 2.27. The van der Waals surface area contributed by atoms with Crippen LogP contribution in [-0.4, -0.2) is 43.6 Å². The minimum absolute atomic E-state index is 0.0641. The molecule has 1 atom stereocenters. The molecule has 132 valence electrons. The lowest BCUT2D eigenvalue weighted by atomic mass is 10.1. The first-order valence-corrected chi connectivity index (χ1v) is 9.00. The van der Waals surface area contributed by atoms with Crippen LogP contribution in [0.5, 0.6) is 5.75 Å². The van der Waals surface area contributed by atoms with Crippen molar-refractivity contribution < 1.29 is 13.9 Å². The van der Waals surface area contributed by atoms with Crippen LogP contribution in [0.4, 0.5) is 10.1 Å². The van der Waals surface area contributed by atoms with E-state index in [4.69, 9.17) is 4.74 Å². The summed E-state index contributed by atoms with van der Waals surface area (Å²) in [5, 5.41) is 0. The van der Waals surface area contributed by atoms with E-state index in [0.29, 0.717) is 17.6 Å². The Morgan fingerprint density at radius 3 is 2.84 bits per heavy atom. The van der Waals surface area contributed by atoms with Gasteiger partial charge in [0, 0.05) is 18.1 Å². The lowest BCUT2D eigenvalue weighted by molar-refractivity contribution is 0.0705. The lowest BCUT2D eigenvalue weighted by Crippen LogP contribution is -2.46. The number of nitrogens with zero attached hydrogens (tertiary/aromatic N) is 2. The Morgan fingerprint density at radius 1 is 1.36 bits per heavy atom. The molecule has 0 spiro atoms. The van der Waals surface area contributed by atoms with Gasteiger partial charge in [-0.25, -0.2) is 4.39 Å². The number of hydrogen-bond donors (Lipinski definition) is 0. The molecule has 0 bridgehead atoms. The highest BCUT2D eigenvalue weighted by molar-refractivity contribution is 9.10. The number of benzene rings is 2. The molecule has 0 saturated carbocycles. The van der Waals surface area contributed by atoms with Crippen molar-refractivity contribution in [2.24, 2.45) is 0 Å². The van der Waals surface area contributed by atoms with Gasteiger partial charge in [0.1, 0.15) is 17.7 Å². The second-order valence-electron chi connectivity index (χ2n) is 6.06. The van der Waals surface area contributed by atoms with Gasteiger partial charge in [-0.2, -0.15) is 0 Å². The van der Waals surface area contributed by atoms with Crippen molar-refractivity contribution in [1.82, 2.24) is 4.90 Å². The zero-order valence-electron chi connectivity index (χ0n) is 14.2. The van der Waals surface area contributed by atoms with Crippen molar-refractivity contribution in [1.29, 1.82) is 0 Å². The van der Waals surface area contributed by atoms with Crippen LogP contribution >= 0.6 is 15.9 Å². The van der Waals surface area contributed by atoms with E-state index in [0.717, 1.165) is 18.0 Å². The molecule has 25 heavy (non-hydrogen) atoms. The third kappa shape index (κ3) is 3.79. The molecule has 2 aromatic carbocycles. The molecule has 0 unspecified atom stereocenters. The molecule has 6 heteroatoms. The van der Waals surface area contributed by atoms with E-state index in [9.17, 15) is 9.18 Å². The first kappa shape index (κ1) is 17.7. The van der Waals surface area contributed by atoms with Gasteiger partial charge < -0.3 is 14.5 Å². The van der Waals surface area contributed by atoms with Crippen LogP contribution in [0.1, 0.15) is 17.3 Å². The fraction of sp³-hybridized carbons (Fsp3) is 0.316. The number of rotatable bonds is 4. The molecule has 0 saturated heterocycles. The van der Waals surface area contributed by atoms with E-state index < -0.39 is 5.82 Å². The van der Waals surface area contributed by atoms with Gasteiger partial charge >= 0.3 is 0 Å². The van der Waals surface area contributed by atoms with Crippen molar-refractivity contribution in [3.63, 3.8) is 0 Å². The van der Waals surface area contributed by atoms with Crippen LogP contribution < -0.4 is 9.64 Å². The number of anilines is 1. The number of halogens is 2. The molecule has 0 aromatic heterocycles. The molecule has 1 heterocycles. The molecule has 0 radical (unpaired) electrons. The maximum atomic E-state index is 14.0. The molecule has 1 aliphatic heterocycles. The Kier molecular flexibility index (Phi) is 5.27. The average Bonchev–Trinajstić information content (AvgIpc) is 2.60. The maximum Gasteiger partial charge on any atom is 0.256 e. The van der Waals surface area contributed by atoms with Crippen LogP contribution in [0.25, 0.3) is 0 Å². The van der Waals surface area contributed by atoms with Gasteiger partial charge in [-0.05, 0) is 37.3 Å². The number of ether oxygens (including phenoxy) is 1. The SMILES string of the molecule is CCN1C[C@H](CN(C)C(=O)c2ccc(Br)cc2F)Oc2ccccc21. The van der Waals surface area contributed by atoms with Crippen LogP contribution in [0.15, 0.2) is 46.9 Å². The van der Waals surface area contributed by atoms with Gasteiger partial charge in [-0.3, -0.25) is 4.79 Å². The van der Waals surface area contributed by atoms with Gasteiger partial charge in [-0.15, -0.1) is 0 Å². The summed E-state index contributed by atoms with van der Waals surface area (Å²) in [6.07, 6.45) is -0.165. The molecular formula is C19H20BrFN2O2. The number of amides is 1. The second kappa shape index (κ2) is 7.44. The van der Waals surface area contributed by atoms with Crippen LogP contribution in [-0.2, 0) is 0 Å². The number of hydrogen-bond acceptors (Lipinski definition) is 3. The van der Waals surface area contributed by atoms with Crippen LogP contribution in [0, 0.1) is 5.82 Å². The Balaban J connectivity index is 1.73. The molecule has 1 aliphatic rings. The number of para-hydroxylation sites is 2. The summed E-state index contributed by atoms with van der Waals surface area (Å²) in [5.41, 5.74) is 1.13. The molecule has 4 nitrogen and oxygen atoms in total. The van der Waals surface area contributed by atoms with Crippen molar-refractivity contribution >= 4 is 27.5 Å². The summed E-state index contributed by atoms with van der Waals surface area (Å²) in [4.78, 5) is 16.3. The third-order valence-electron chi connectivity index (χ3n) is 4.29. The summed E-state index contributed by atoms with van der Waals surface area (Å²) < 4.78 is 20.7. The Morgan fingerprint density at radius 2 is 2.12 bits per heavy atom. The number of fused-ring (bicyclic) bond motifs is 1. The minimum atomic E-state index is -0.531. The molecular weight excluding hydrogens is 387 g/mol. The van der Waals surface area contributed by atoms with Crippen LogP contribution in [0.2, 0.25) is 0 Å². The Labute approximate surface area is 155 Å². The first-order valence-electron chi connectivity index (χ1n) is 8.20. The highest BCUT2D eigenvalue weighted by atomic mass is 79.9. The van der Waals surface area contributed by atoms with Crippen molar-refractivity contribution in [2.75, 3.05) is 31.6 Å². The summed E-state index contributed by atoms with van der Waals surface area (Å²) in [5.74, 6) is -0.0666. The smallest absolute Gasteiger partial charge is 0.256 e. The van der Waals surface area contributed by atoms with Gasteiger partial charge in [-0.1, -0.05) is 28.1 Å². The Hall–Kier alpha value is -2.08. The summed E-state index contributed by atoms with van der Waals surface area (Å²) in [6.45, 7) is 4.02. The van der Waals surface area contributed by atoms with E-state index in [1.54, 1.807) is 13.1 Å². The predicted octanol–water partition coefficient (Wildman–Crippen LogP) is 3.95. The van der Waals surface area contributed by atoms with Gasteiger partial charge in [0.2, 0.25) is 0 Å². The molecule has 1 amide bonds. The van der Waals surface area contributed by atoms with Crippen LogP contribution in [0.3, 0.4) is 0 Å². The first-order chi connectivity index (χ1) is 12.0. The van der Waals surface area contributed by atoms with Gasteiger partial charge in [0.25, 0.3) is 5.91 Å². The van der Waals surface area contributed by atoms with Gasteiger partial charge in [0.05, 0.1) is 24.3 Å². The second-order valence-corrected chi connectivity index (χ2v) is 6.97. The largest absolute Gasteiger partial charge is 0.485 e. The van der Waals surface area contributed by atoms with Gasteiger partial charge in [0.15, 0.2) is 0 Å². The molecule has 0 N–H and O–H groups in total. The topological polar surface area (TPSA) is 32.8 Å². The molecule has 2 aromatic rings. The normalized spacial score (nSPS) is 16.2. The maximum absolute atomic E-state index is 14.0. The average molecular weight is 407 g/mol. The highest BCUT2D eigenvalue weighted by Crippen LogP contribution is 2.33. The monoisotopic (exact) mass is 406 g/mol. The number of likely N-dealkylation sites (N-methyl/N-ethyl adjacent to an activating group) is 2. The Bertz CT molecular complexity index is 784. The standard InChI is InChI=1S/C19H20BrFN2O2/c1-3-23-12-14(25-18-7-5-4-6-17(18)23)11-22(2)19(24)15-9-8-13(20)10-16(15)21/h4-10,14H,3,11-12H2,1-2H3/t14-/m0/s1. The van der Waals surface area contributed by atoms with Crippen molar-refractivity contribution in [3.05, 3.63) is 58.3 Å². The van der Waals surface area contributed by atoms with E-state index >= 15 is 0 Å². The fourth-order valence-electron chi connectivity index (χ4n) is 3.03. The van der Waals surface area contributed by atoms with E-state index in [1.165, 1.54) is 17.0 Å². The van der Waals surface area contributed by atoms with E-state index in [2.05, 4.69) is 27.8 Å².